The Balaban J connectivity index is 1.32. The average molecular weight is 567 g/mol. The van der Waals surface area contributed by atoms with Crippen molar-refractivity contribution in [3.8, 4) is 11.1 Å². The molecular weight excluding hydrogens is 541 g/mol. The molecule has 0 amide bonds. The number of nitrogens with one attached hydrogen (secondary N) is 2. The number of para-hydroxylation sites is 2. The van der Waals surface area contributed by atoms with Crippen molar-refractivity contribution in [1.82, 2.24) is 0 Å². The summed E-state index contributed by atoms with van der Waals surface area (Å²) >= 11 is 1.86. The van der Waals surface area contributed by atoms with Crippen molar-refractivity contribution in [2.45, 2.75) is 0 Å². The van der Waals surface area contributed by atoms with Gasteiger partial charge in [0.1, 0.15) is 0 Å². The molecule has 1 aromatic heterocycles. The lowest BCUT2D eigenvalue weighted by Crippen LogP contribution is -1.97. The molecule has 0 spiro atoms. The Morgan fingerprint density at radius 3 is 1.91 bits per heavy atom. The highest BCUT2D eigenvalue weighted by atomic mass is 32.1. The van der Waals surface area contributed by atoms with Gasteiger partial charge in [-0.1, -0.05) is 91.0 Å². The second-order valence-electron chi connectivity index (χ2n) is 11.1. The van der Waals surface area contributed by atoms with E-state index in [1.54, 1.807) is 0 Å². The van der Waals surface area contributed by atoms with Crippen molar-refractivity contribution < 1.29 is 0 Å². The van der Waals surface area contributed by atoms with Crippen LogP contribution in [-0.2, 0) is 0 Å². The van der Waals surface area contributed by atoms with Crippen molar-refractivity contribution >= 4 is 86.6 Å². The predicted octanol–water partition coefficient (Wildman–Crippen LogP) is 12.1. The molecule has 0 unspecified atom stereocenters. The minimum atomic E-state index is 1.08. The summed E-state index contributed by atoms with van der Waals surface area (Å²) < 4.78 is 2.64. The summed E-state index contributed by atoms with van der Waals surface area (Å²) in [5, 5.41) is 17.7. The highest BCUT2D eigenvalue weighted by Crippen LogP contribution is 2.46. The van der Waals surface area contributed by atoms with E-state index in [9.17, 15) is 0 Å². The van der Waals surface area contributed by atoms with Gasteiger partial charge < -0.3 is 10.6 Å². The van der Waals surface area contributed by atoms with Gasteiger partial charge in [-0.2, -0.15) is 0 Å². The molecule has 9 rings (SSSR count). The topological polar surface area (TPSA) is 24.1 Å². The molecule has 0 atom stereocenters. The predicted molar refractivity (Wildman–Crippen MR) is 188 cm³/mol. The summed E-state index contributed by atoms with van der Waals surface area (Å²) in [7, 11) is 0. The second kappa shape index (κ2) is 9.59. The first-order valence-electron chi connectivity index (χ1n) is 14.6. The Morgan fingerprint density at radius 2 is 1.07 bits per heavy atom. The third-order valence-corrected chi connectivity index (χ3v) is 9.72. The first kappa shape index (κ1) is 24.2. The molecule has 0 bridgehead atoms. The summed E-state index contributed by atoms with van der Waals surface area (Å²) in [6, 6.07) is 52.5. The Kier molecular flexibility index (Phi) is 5.40. The number of anilines is 4. The van der Waals surface area contributed by atoms with Gasteiger partial charge >= 0.3 is 0 Å². The SMILES string of the molecule is c1ccc(Nc2ccc3ccc4c(Nc5ccccc5)c(-c5ccc6sc7ccccc7c6c5)cc5ccc2c3c54)cc1. The van der Waals surface area contributed by atoms with Gasteiger partial charge in [0.2, 0.25) is 0 Å². The monoisotopic (exact) mass is 566 g/mol. The molecule has 0 fully saturated rings. The van der Waals surface area contributed by atoms with Gasteiger partial charge in [-0.3, -0.25) is 0 Å². The summed E-state index contributed by atoms with van der Waals surface area (Å²) in [5.41, 5.74) is 6.83. The minimum Gasteiger partial charge on any atom is -0.355 e. The lowest BCUT2D eigenvalue weighted by atomic mass is 9.89. The molecule has 0 aliphatic heterocycles. The van der Waals surface area contributed by atoms with Crippen LogP contribution in [0, 0.1) is 0 Å². The van der Waals surface area contributed by atoms with Gasteiger partial charge in [-0.15, -0.1) is 11.3 Å². The molecular formula is C40H26N2S. The molecule has 8 aromatic carbocycles. The Morgan fingerprint density at radius 1 is 0.419 bits per heavy atom. The maximum absolute atomic E-state index is 3.85. The van der Waals surface area contributed by atoms with Crippen LogP contribution < -0.4 is 10.6 Å². The highest BCUT2D eigenvalue weighted by molar-refractivity contribution is 7.25. The van der Waals surface area contributed by atoms with Crippen LogP contribution in [0.3, 0.4) is 0 Å². The molecule has 43 heavy (non-hydrogen) atoms. The first-order valence-corrected chi connectivity index (χ1v) is 15.4. The Bertz CT molecular complexity index is 2440. The van der Waals surface area contributed by atoms with Crippen LogP contribution in [0.4, 0.5) is 22.7 Å². The number of fused-ring (bicyclic) bond motifs is 3. The van der Waals surface area contributed by atoms with Gasteiger partial charge in [0.25, 0.3) is 0 Å². The summed E-state index contributed by atoms with van der Waals surface area (Å²) in [5.74, 6) is 0. The van der Waals surface area contributed by atoms with E-state index in [0.29, 0.717) is 0 Å². The molecule has 0 aliphatic rings. The van der Waals surface area contributed by atoms with Crippen LogP contribution in [0.1, 0.15) is 0 Å². The van der Waals surface area contributed by atoms with Gasteiger partial charge in [-0.05, 0) is 81.7 Å². The molecule has 0 saturated heterocycles. The van der Waals surface area contributed by atoms with Crippen LogP contribution in [-0.4, -0.2) is 0 Å². The summed E-state index contributed by atoms with van der Waals surface area (Å²) in [6.07, 6.45) is 0. The molecule has 0 aliphatic carbocycles. The van der Waals surface area contributed by atoms with Crippen molar-refractivity contribution in [1.29, 1.82) is 0 Å². The number of thiophene rings is 1. The van der Waals surface area contributed by atoms with E-state index < -0.39 is 0 Å². The fourth-order valence-electron chi connectivity index (χ4n) is 6.58. The van der Waals surface area contributed by atoms with E-state index in [1.807, 2.05) is 17.4 Å². The van der Waals surface area contributed by atoms with Crippen molar-refractivity contribution in [3.05, 3.63) is 146 Å². The zero-order valence-electron chi connectivity index (χ0n) is 23.3. The van der Waals surface area contributed by atoms with E-state index in [1.165, 1.54) is 63.6 Å². The molecule has 9 aromatic rings. The summed E-state index contributed by atoms with van der Waals surface area (Å²) in [4.78, 5) is 0. The normalized spacial score (nSPS) is 11.7. The van der Waals surface area contributed by atoms with E-state index >= 15 is 0 Å². The standard InChI is InChI=1S/C40H26N2S/c1-3-9-28(10-4-1)41-35-21-17-25-15-20-32-39-27(16-19-31(35)38(25)39)24-33(40(32)42-29-11-5-2-6-12-29)26-18-22-37-34(23-26)30-13-7-8-14-36(30)43-37/h1-24,41-42H. The fourth-order valence-corrected chi connectivity index (χ4v) is 7.67. The maximum atomic E-state index is 3.85. The minimum absolute atomic E-state index is 1.08. The molecule has 2 nitrogen and oxygen atoms in total. The Labute approximate surface area is 253 Å². The number of hydrogen-bond acceptors (Lipinski definition) is 3. The zero-order chi connectivity index (χ0) is 28.3. The molecule has 3 heteroatoms. The van der Waals surface area contributed by atoms with E-state index in [-0.39, 0.29) is 0 Å². The lowest BCUT2D eigenvalue weighted by Gasteiger charge is -2.21. The van der Waals surface area contributed by atoms with E-state index in [4.69, 9.17) is 0 Å². The third-order valence-electron chi connectivity index (χ3n) is 8.57. The number of rotatable bonds is 5. The van der Waals surface area contributed by atoms with Crippen LogP contribution >= 0.6 is 11.3 Å². The van der Waals surface area contributed by atoms with Crippen molar-refractivity contribution in [2.75, 3.05) is 10.6 Å². The van der Waals surface area contributed by atoms with E-state index in [2.05, 4.69) is 150 Å². The molecule has 1 heterocycles. The largest absolute Gasteiger partial charge is 0.355 e. The summed E-state index contributed by atoms with van der Waals surface area (Å²) in [6.45, 7) is 0. The van der Waals surface area contributed by atoms with Crippen molar-refractivity contribution in [2.24, 2.45) is 0 Å². The van der Waals surface area contributed by atoms with Crippen LogP contribution in [0.25, 0.3) is 63.6 Å². The zero-order valence-corrected chi connectivity index (χ0v) is 24.1. The van der Waals surface area contributed by atoms with Crippen LogP contribution in [0.15, 0.2) is 146 Å². The van der Waals surface area contributed by atoms with Crippen molar-refractivity contribution in [3.63, 3.8) is 0 Å². The average Bonchev–Trinajstić information content (AvgIpc) is 3.44. The number of benzene rings is 8. The Hall–Kier alpha value is -5.38. The third kappa shape index (κ3) is 3.93. The van der Waals surface area contributed by atoms with Crippen LogP contribution in [0.2, 0.25) is 0 Å². The van der Waals surface area contributed by atoms with E-state index in [0.717, 1.165) is 22.7 Å². The van der Waals surface area contributed by atoms with Crippen LogP contribution in [0.5, 0.6) is 0 Å². The van der Waals surface area contributed by atoms with Gasteiger partial charge in [0, 0.05) is 53.6 Å². The maximum Gasteiger partial charge on any atom is 0.0544 e. The molecule has 0 saturated carbocycles. The molecule has 0 radical (unpaired) electrons. The highest BCUT2D eigenvalue weighted by Gasteiger charge is 2.18. The van der Waals surface area contributed by atoms with Gasteiger partial charge in [0.05, 0.1) is 5.69 Å². The van der Waals surface area contributed by atoms with Gasteiger partial charge in [-0.25, -0.2) is 0 Å². The second-order valence-corrected chi connectivity index (χ2v) is 12.2. The molecule has 202 valence electrons. The van der Waals surface area contributed by atoms with Gasteiger partial charge in [0.15, 0.2) is 0 Å². The fraction of sp³-hybridized carbons (Fsp3) is 0. The quantitative estimate of drug-likeness (QED) is 0.202. The molecule has 2 N–H and O–H groups in total. The smallest absolute Gasteiger partial charge is 0.0544 e. The first-order chi connectivity index (χ1) is 21.3. The number of hydrogen-bond donors (Lipinski definition) is 2. The lowest BCUT2D eigenvalue weighted by molar-refractivity contribution is 1.57.